The normalized spacial score (nSPS) is 10.9. The molecule has 1 aromatic heterocycles. The molecule has 5 nitrogen and oxygen atoms in total. The fraction of sp³-hybridized carbons (Fsp3) is 0.222. The van der Waals surface area contributed by atoms with Crippen LogP contribution in [0, 0.1) is 13.8 Å². The Hall–Kier alpha value is -3.73. The molecule has 5 heteroatoms. The predicted octanol–water partition coefficient (Wildman–Crippen LogP) is 6.01. The van der Waals surface area contributed by atoms with E-state index in [9.17, 15) is 4.79 Å². The second-order valence-corrected chi connectivity index (χ2v) is 7.61. The molecule has 4 aromatic rings. The molecule has 0 atom stereocenters. The standard InChI is InChI=1S/C27H27NO4/c1-5-31-27(29)26-19(3)28(21-10-12-22(30-4)13-11-21)25-15-14-23(16-24(25)26)32-17-20-9-7-6-8-18(20)2/h6-16H,5,17H2,1-4H3. The van der Waals surface area contributed by atoms with E-state index in [4.69, 9.17) is 14.2 Å². The Bertz CT molecular complexity index is 1250. The van der Waals surface area contributed by atoms with Crippen molar-refractivity contribution in [1.82, 2.24) is 4.57 Å². The number of carbonyl (C=O) groups is 1. The van der Waals surface area contributed by atoms with Crippen molar-refractivity contribution in [3.8, 4) is 17.2 Å². The van der Waals surface area contributed by atoms with Crippen molar-refractivity contribution < 1.29 is 19.0 Å². The maximum Gasteiger partial charge on any atom is 0.340 e. The molecule has 0 aliphatic heterocycles. The minimum atomic E-state index is -0.335. The van der Waals surface area contributed by atoms with Gasteiger partial charge in [0.15, 0.2) is 0 Å². The van der Waals surface area contributed by atoms with Gasteiger partial charge in [-0.3, -0.25) is 0 Å². The van der Waals surface area contributed by atoms with E-state index in [0.29, 0.717) is 24.5 Å². The molecule has 0 aliphatic rings. The lowest BCUT2D eigenvalue weighted by Crippen LogP contribution is -2.07. The van der Waals surface area contributed by atoms with Crippen molar-refractivity contribution in [3.05, 3.63) is 89.1 Å². The summed E-state index contributed by atoms with van der Waals surface area (Å²) in [5.41, 5.74) is 5.54. The predicted molar refractivity (Wildman–Crippen MR) is 126 cm³/mol. The topological polar surface area (TPSA) is 49.7 Å². The smallest absolute Gasteiger partial charge is 0.340 e. The van der Waals surface area contributed by atoms with Crippen LogP contribution in [0.3, 0.4) is 0 Å². The Balaban J connectivity index is 1.78. The SMILES string of the molecule is CCOC(=O)c1c(C)n(-c2ccc(OC)cc2)c2ccc(OCc3ccccc3C)cc12. The molecule has 4 rings (SSSR count). The lowest BCUT2D eigenvalue weighted by Gasteiger charge is -2.11. The lowest BCUT2D eigenvalue weighted by molar-refractivity contribution is 0.0527. The summed E-state index contributed by atoms with van der Waals surface area (Å²) in [5, 5.41) is 0.805. The number of ether oxygens (including phenoxy) is 3. The summed E-state index contributed by atoms with van der Waals surface area (Å²) >= 11 is 0. The highest BCUT2D eigenvalue weighted by Gasteiger charge is 2.22. The first-order chi connectivity index (χ1) is 15.5. The van der Waals surface area contributed by atoms with Gasteiger partial charge in [0, 0.05) is 16.8 Å². The first-order valence-corrected chi connectivity index (χ1v) is 10.7. The minimum Gasteiger partial charge on any atom is -0.497 e. The fourth-order valence-electron chi connectivity index (χ4n) is 3.95. The fourth-order valence-corrected chi connectivity index (χ4v) is 3.95. The molecule has 32 heavy (non-hydrogen) atoms. The number of methoxy groups -OCH3 is 1. The monoisotopic (exact) mass is 429 g/mol. The van der Waals surface area contributed by atoms with Crippen molar-refractivity contribution in [3.63, 3.8) is 0 Å². The highest BCUT2D eigenvalue weighted by atomic mass is 16.5. The first kappa shape index (κ1) is 21.5. The number of benzene rings is 3. The Morgan fingerprint density at radius 1 is 0.938 bits per heavy atom. The number of nitrogens with zero attached hydrogens (tertiary/aromatic N) is 1. The minimum absolute atomic E-state index is 0.316. The highest BCUT2D eigenvalue weighted by Crippen LogP contribution is 2.33. The van der Waals surface area contributed by atoms with Crippen LogP contribution in [0.2, 0.25) is 0 Å². The number of carbonyl (C=O) groups excluding carboxylic acids is 1. The summed E-state index contributed by atoms with van der Waals surface area (Å²) in [6.07, 6.45) is 0. The third kappa shape index (κ3) is 4.06. The molecule has 0 unspecified atom stereocenters. The van der Waals surface area contributed by atoms with Gasteiger partial charge in [0.05, 0.1) is 24.8 Å². The van der Waals surface area contributed by atoms with E-state index in [1.165, 1.54) is 5.56 Å². The van der Waals surface area contributed by atoms with Crippen LogP contribution in [-0.4, -0.2) is 24.3 Å². The summed E-state index contributed by atoms with van der Waals surface area (Å²) < 4.78 is 18.8. The molecule has 0 saturated carbocycles. The van der Waals surface area contributed by atoms with E-state index in [2.05, 4.69) is 23.6 Å². The molecule has 3 aromatic carbocycles. The van der Waals surface area contributed by atoms with Crippen molar-refractivity contribution in [2.45, 2.75) is 27.4 Å². The van der Waals surface area contributed by atoms with Gasteiger partial charge in [0.25, 0.3) is 0 Å². The quantitative estimate of drug-likeness (QED) is 0.338. The molecular weight excluding hydrogens is 402 g/mol. The van der Waals surface area contributed by atoms with Crippen molar-refractivity contribution in [1.29, 1.82) is 0 Å². The van der Waals surface area contributed by atoms with E-state index < -0.39 is 0 Å². The van der Waals surface area contributed by atoms with Crippen LogP contribution in [0.5, 0.6) is 11.5 Å². The molecule has 0 N–H and O–H groups in total. The first-order valence-electron chi connectivity index (χ1n) is 10.7. The van der Waals surface area contributed by atoms with Gasteiger partial charge >= 0.3 is 5.97 Å². The maximum atomic E-state index is 12.9. The van der Waals surface area contributed by atoms with Crippen molar-refractivity contribution in [2.75, 3.05) is 13.7 Å². The van der Waals surface area contributed by atoms with Crippen LogP contribution in [0.15, 0.2) is 66.7 Å². The van der Waals surface area contributed by atoms with Crippen molar-refractivity contribution >= 4 is 16.9 Å². The third-order valence-electron chi connectivity index (χ3n) is 5.64. The molecule has 0 fully saturated rings. The summed E-state index contributed by atoms with van der Waals surface area (Å²) in [6.45, 7) is 6.60. The van der Waals surface area contributed by atoms with Crippen LogP contribution < -0.4 is 9.47 Å². The van der Waals surface area contributed by atoms with E-state index in [1.807, 2.05) is 68.4 Å². The van der Waals surface area contributed by atoms with Crippen LogP contribution in [0.25, 0.3) is 16.6 Å². The molecule has 0 spiro atoms. The molecule has 0 aliphatic carbocycles. The van der Waals surface area contributed by atoms with E-state index in [0.717, 1.165) is 33.6 Å². The maximum absolute atomic E-state index is 12.9. The average molecular weight is 430 g/mol. The van der Waals surface area contributed by atoms with Gasteiger partial charge in [-0.2, -0.15) is 0 Å². The molecule has 164 valence electrons. The molecular formula is C27H27NO4. The number of fused-ring (bicyclic) bond motifs is 1. The summed E-state index contributed by atoms with van der Waals surface area (Å²) in [6, 6.07) is 21.8. The van der Waals surface area contributed by atoms with Crippen LogP contribution >= 0.6 is 0 Å². The Kier molecular flexibility index (Phi) is 6.17. The molecule has 0 amide bonds. The summed E-state index contributed by atoms with van der Waals surface area (Å²) in [7, 11) is 1.64. The average Bonchev–Trinajstić information content (AvgIpc) is 3.10. The third-order valence-corrected chi connectivity index (χ3v) is 5.64. The number of hydrogen-bond donors (Lipinski definition) is 0. The molecule has 0 bridgehead atoms. The van der Waals surface area contributed by atoms with Crippen LogP contribution in [0.4, 0.5) is 0 Å². The van der Waals surface area contributed by atoms with Gasteiger partial charge in [-0.25, -0.2) is 4.79 Å². The van der Waals surface area contributed by atoms with E-state index in [-0.39, 0.29) is 5.97 Å². The second kappa shape index (κ2) is 9.18. The van der Waals surface area contributed by atoms with Gasteiger partial charge < -0.3 is 18.8 Å². The lowest BCUT2D eigenvalue weighted by atomic mass is 10.1. The zero-order valence-corrected chi connectivity index (χ0v) is 18.8. The molecule has 1 heterocycles. The van der Waals surface area contributed by atoms with Crippen LogP contribution in [-0.2, 0) is 11.3 Å². The van der Waals surface area contributed by atoms with Gasteiger partial charge in [-0.15, -0.1) is 0 Å². The van der Waals surface area contributed by atoms with Gasteiger partial charge in [-0.1, -0.05) is 24.3 Å². The van der Waals surface area contributed by atoms with Crippen molar-refractivity contribution in [2.24, 2.45) is 0 Å². The largest absolute Gasteiger partial charge is 0.497 e. The molecule has 0 saturated heterocycles. The van der Waals surface area contributed by atoms with Gasteiger partial charge in [0.2, 0.25) is 0 Å². The van der Waals surface area contributed by atoms with Gasteiger partial charge in [-0.05, 0) is 74.4 Å². The number of esters is 1. The van der Waals surface area contributed by atoms with E-state index >= 15 is 0 Å². The Morgan fingerprint density at radius 3 is 2.34 bits per heavy atom. The second-order valence-electron chi connectivity index (χ2n) is 7.61. The Morgan fingerprint density at radius 2 is 1.66 bits per heavy atom. The number of rotatable bonds is 7. The summed E-state index contributed by atoms with van der Waals surface area (Å²) in [4.78, 5) is 12.9. The zero-order valence-electron chi connectivity index (χ0n) is 18.8. The van der Waals surface area contributed by atoms with Crippen LogP contribution in [0.1, 0.15) is 34.1 Å². The highest BCUT2D eigenvalue weighted by molar-refractivity contribution is 6.07. The number of hydrogen-bond acceptors (Lipinski definition) is 4. The van der Waals surface area contributed by atoms with E-state index in [1.54, 1.807) is 7.11 Å². The number of aryl methyl sites for hydroxylation is 1. The Labute approximate surface area is 188 Å². The summed E-state index contributed by atoms with van der Waals surface area (Å²) in [5.74, 6) is 1.15. The zero-order chi connectivity index (χ0) is 22.7. The van der Waals surface area contributed by atoms with Gasteiger partial charge in [0.1, 0.15) is 18.1 Å². The number of aromatic nitrogens is 1. The molecule has 0 radical (unpaired) electrons.